The minimum absolute atomic E-state index is 0.211. The molecule has 1 heterocycles. The molecule has 1 amide bonds. The Morgan fingerprint density at radius 3 is 2.50 bits per heavy atom. The van der Waals surface area contributed by atoms with Crippen LogP contribution in [0.25, 0.3) is 11.3 Å². The van der Waals surface area contributed by atoms with Crippen molar-refractivity contribution in [2.24, 2.45) is 0 Å². The van der Waals surface area contributed by atoms with E-state index in [2.05, 4.69) is 10.5 Å². The lowest BCUT2D eigenvalue weighted by atomic mass is 10.1. The molecule has 1 N–H and O–H groups in total. The number of carbonyl (C=O) groups excluding carboxylic acids is 1. The van der Waals surface area contributed by atoms with Crippen molar-refractivity contribution in [3.05, 3.63) is 65.3 Å². The summed E-state index contributed by atoms with van der Waals surface area (Å²) in [6.07, 6.45) is -0.220. The first-order valence-electron chi connectivity index (χ1n) is 8.95. The van der Waals surface area contributed by atoms with Crippen molar-refractivity contribution >= 4 is 17.5 Å². The van der Waals surface area contributed by atoms with E-state index in [4.69, 9.17) is 25.6 Å². The van der Waals surface area contributed by atoms with Crippen molar-refractivity contribution < 1.29 is 18.8 Å². The Labute approximate surface area is 168 Å². The van der Waals surface area contributed by atoms with Crippen molar-refractivity contribution in [3.8, 4) is 22.8 Å². The molecule has 0 fully saturated rings. The van der Waals surface area contributed by atoms with Crippen molar-refractivity contribution in [2.45, 2.75) is 20.0 Å². The summed E-state index contributed by atoms with van der Waals surface area (Å²) in [5.74, 6) is 1.65. The van der Waals surface area contributed by atoms with Gasteiger partial charge in [-0.1, -0.05) is 16.8 Å². The number of carbonyl (C=O) groups is 1. The summed E-state index contributed by atoms with van der Waals surface area (Å²) in [5, 5.41) is 7.28. The average molecular weight is 401 g/mol. The van der Waals surface area contributed by atoms with Gasteiger partial charge in [-0.25, -0.2) is 0 Å². The summed E-state index contributed by atoms with van der Waals surface area (Å²) in [6, 6.07) is 16.1. The number of halogens is 1. The van der Waals surface area contributed by atoms with Crippen molar-refractivity contribution in [3.63, 3.8) is 0 Å². The van der Waals surface area contributed by atoms with Crippen molar-refractivity contribution in [1.29, 1.82) is 0 Å². The number of ether oxygens (including phenoxy) is 2. The molecule has 146 valence electrons. The molecule has 0 saturated carbocycles. The first kappa shape index (κ1) is 19.8. The van der Waals surface area contributed by atoms with Crippen LogP contribution >= 0.6 is 11.6 Å². The summed E-state index contributed by atoms with van der Waals surface area (Å²) in [5.41, 5.74) is 1.03. The summed E-state index contributed by atoms with van der Waals surface area (Å²) < 4.78 is 16.4. The molecular weight excluding hydrogens is 380 g/mol. The average Bonchev–Trinajstić information content (AvgIpc) is 3.19. The normalized spacial score (nSPS) is 11.7. The largest absolute Gasteiger partial charge is 0.494 e. The molecule has 6 nitrogen and oxygen atoms in total. The number of nitrogens with zero attached hydrogens (tertiary/aromatic N) is 1. The van der Waals surface area contributed by atoms with Crippen LogP contribution in [0.5, 0.6) is 11.5 Å². The molecule has 3 aromatic rings. The fourth-order valence-corrected chi connectivity index (χ4v) is 2.64. The minimum atomic E-state index is -0.326. The number of hydrogen-bond donors (Lipinski definition) is 1. The topological polar surface area (TPSA) is 73.6 Å². The van der Waals surface area contributed by atoms with E-state index in [-0.39, 0.29) is 17.7 Å². The predicted molar refractivity (Wildman–Crippen MR) is 107 cm³/mol. The Kier molecular flexibility index (Phi) is 6.55. The van der Waals surface area contributed by atoms with Gasteiger partial charge in [0.1, 0.15) is 17.6 Å². The highest BCUT2D eigenvalue weighted by atomic mass is 35.5. The Bertz CT molecular complexity index is 907. The third-order valence-electron chi connectivity index (χ3n) is 3.89. The molecule has 1 atom stereocenters. The van der Waals surface area contributed by atoms with Crippen LogP contribution in [0.2, 0.25) is 5.02 Å². The second-order valence-electron chi connectivity index (χ2n) is 6.13. The zero-order chi connectivity index (χ0) is 19.9. The van der Waals surface area contributed by atoms with Crippen molar-refractivity contribution in [1.82, 2.24) is 10.5 Å². The maximum atomic E-state index is 12.3. The van der Waals surface area contributed by atoms with Crippen LogP contribution in [0, 0.1) is 0 Å². The van der Waals surface area contributed by atoms with E-state index in [0.717, 1.165) is 11.3 Å². The molecule has 0 aliphatic carbocycles. The zero-order valence-electron chi connectivity index (χ0n) is 15.6. The lowest BCUT2D eigenvalue weighted by Crippen LogP contribution is -2.33. The van der Waals surface area contributed by atoms with E-state index < -0.39 is 0 Å². The van der Waals surface area contributed by atoms with E-state index >= 15 is 0 Å². The number of hydrogen-bond acceptors (Lipinski definition) is 5. The lowest BCUT2D eigenvalue weighted by molar-refractivity contribution is 0.0923. The smallest absolute Gasteiger partial charge is 0.273 e. The second-order valence-corrected chi connectivity index (χ2v) is 6.56. The van der Waals surface area contributed by atoms with Gasteiger partial charge < -0.3 is 19.3 Å². The van der Waals surface area contributed by atoms with Crippen LogP contribution in [0.3, 0.4) is 0 Å². The van der Waals surface area contributed by atoms with E-state index in [1.165, 1.54) is 0 Å². The molecule has 0 aliphatic rings. The fraction of sp³-hybridized carbons (Fsp3) is 0.238. The number of benzene rings is 2. The van der Waals surface area contributed by atoms with Gasteiger partial charge in [0.25, 0.3) is 5.91 Å². The second kappa shape index (κ2) is 9.28. The van der Waals surface area contributed by atoms with Gasteiger partial charge in [0, 0.05) is 16.7 Å². The monoisotopic (exact) mass is 400 g/mol. The van der Waals surface area contributed by atoms with E-state index in [1.54, 1.807) is 30.3 Å². The predicted octanol–water partition coefficient (Wildman–Crippen LogP) is 4.59. The van der Waals surface area contributed by atoms with Crippen LogP contribution in [0.15, 0.2) is 59.1 Å². The van der Waals surface area contributed by atoms with Gasteiger partial charge in [-0.3, -0.25) is 4.79 Å². The summed E-state index contributed by atoms with van der Waals surface area (Å²) in [4.78, 5) is 12.3. The number of aromatic nitrogens is 1. The van der Waals surface area contributed by atoms with E-state index in [9.17, 15) is 4.79 Å². The van der Waals surface area contributed by atoms with Gasteiger partial charge in [0.05, 0.1) is 13.2 Å². The molecular formula is C21H21ClN2O4. The van der Waals surface area contributed by atoms with Crippen LogP contribution in [-0.2, 0) is 0 Å². The number of rotatable bonds is 8. The fourth-order valence-electron chi connectivity index (χ4n) is 2.51. The van der Waals surface area contributed by atoms with Gasteiger partial charge in [-0.2, -0.15) is 0 Å². The summed E-state index contributed by atoms with van der Waals surface area (Å²) in [6.45, 7) is 4.72. The van der Waals surface area contributed by atoms with Crippen LogP contribution < -0.4 is 14.8 Å². The lowest BCUT2D eigenvalue weighted by Gasteiger charge is -2.15. The Balaban J connectivity index is 1.54. The van der Waals surface area contributed by atoms with E-state index in [0.29, 0.717) is 29.7 Å². The Morgan fingerprint density at radius 2 is 1.82 bits per heavy atom. The highest BCUT2D eigenvalue weighted by molar-refractivity contribution is 6.30. The van der Waals surface area contributed by atoms with Crippen LogP contribution in [0.4, 0.5) is 0 Å². The van der Waals surface area contributed by atoms with Gasteiger partial charge in [0.15, 0.2) is 11.5 Å². The highest BCUT2D eigenvalue weighted by Gasteiger charge is 2.15. The maximum Gasteiger partial charge on any atom is 0.273 e. The van der Waals surface area contributed by atoms with Gasteiger partial charge in [-0.05, 0) is 62.4 Å². The van der Waals surface area contributed by atoms with Crippen LogP contribution in [0.1, 0.15) is 24.3 Å². The van der Waals surface area contributed by atoms with Gasteiger partial charge in [0.2, 0.25) is 0 Å². The third kappa shape index (κ3) is 5.27. The Morgan fingerprint density at radius 1 is 1.14 bits per heavy atom. The van der Waals surface area contributed by atoms with Gasteiger partial charge in [-0.15, -0.1) is 0 Å². The standard InChI is InChI=1S/C21H21ClN2O4/c1-3-26-17-8-4-15(5-9-17)20-12-19(24-28-20)21(25)23-13-14(2)27-18-10-6-16(22)7-11-18/h4-12,14H,3,13H2,1-2H3,(H,23,25)/t14-/m0/s1. The molecule has 1 aromatic heterocycles. The third-order valence-corrected chi connectivity index (χ3v) is 4.15. The molecule has 3 rings (SSSR count). The minimum Gasteiger partial charge on any atom is -0.494 e. The first-order valence-corrected chi connectivity index (χ1v) is 9.33. The quantitative estimate of drug-likeness (QED) is 0.598. The SMILES string of the molecule is CCOc1ccc(-c2cc(C(=O)NC[C@H](C)Oc3ccc(Cl)cc3)no2)cc1. The van der Waals surface area contributed by atoms with Crippen LogP contribution in [-0.4, -0.2) is 30.3 Å². The first-order chi connectivity index (χ1) is 13.5. The molecule has 0 radical (unpaired) electrons. The molecule has 0 unspecified atom stereocenters. The maximum absolute atomic E-state index is 12.3. The zero-order valence-corrected chi connectivity index (χ0v) is 16.4. The Hall–Kier alpha value is -2.99. The molecule has 0 aliphatic heterocycles. The van der Waals surface area contributed by atoms with Gasteiger partial charge >= 0.3 is 0 Å². The molecule has 28 heavy (non-hydrogen) atoms. The molecule has 0 saturated heterocycles. The highest BCUT2D eigenvalue weighted by Crippen LogP contribution is 2.23. The summed E-state index contributed by atoms with van der Waals surface area (Å²) >= 11 is 5.85. The van der Waals surface area contributed by atoms with E-state index in [1.807, 2.05) is 38.1 Å². The summed E-state index contributed by atoms with van der Waals surface area (Å²) in [7, 11) is 0. The number of nitrogens with one attached hydrogen (secondary N) is 1. The number of amides is 1. The molecule has 0 spiro atoms. The molecule has 2 aromatic carbocycles. The molecule has 0 bridgehead atoms. The van der Waals surface area contributed by atoms with Crippen molar-refractivity contribution in [2.75, 3.05) is 13.2 Å². The molecule has 7 heteroatoms.